The van der Waals surface area contributed by atoms with Crippen LogP contribution in [0.5, 0.6) is 11.5 Å². The molecule has 98 valence electrons. The Morgan fingerprint density at radius 1 is 1.16 bits per heavy atom. The van der Waals surface area contributed by atoms with E-state index in [1.54, 1.807) is 19.1 Å². The topological polar surface area (TPSA) is 46.5 Å². The lowest BCUT2D eigenvalue weighted by molar-refractivity contribution is 0.0694. The van der Waals surface area contributed by atoms with E-state index >= 15 is 0 Å². The maximum atomic E-state index is 13.5. The van der Waals surface area contributed by atoms with Gasteiger partial charge in [0, 0.05) is 0 Å². The SMILES string of the molecule is Cc1cccc(C(=O)O)c1Oc1cccc(F)c1F. The maximum absolute atomic E-state index is 13.5. The van der Waals surface area contributed by atoms with Gasteiger partial charge in [-0.05, 0) is 30.7 Å². The van der Waals surface area contributed by atoms with Crippen molar-refractivity contribution in [2.45, 2.75) is 6.92 Å². The Morgan fingerprint density at radius 2 is 1.84 bits per heavy atom. The highest BCUT2D eigenvalue weighted by Crippen LogP contribution is 2.31. The number of para-hydroxylation sites is 1. The van der Waals surface area contributed by atoms with Crippen molar-refractivity contribution in [1.29, 1.82) is 0 Å². The van der Waals surface area contributed by atoms with Gasteiger partial charge in [0.1, 0.15) is 11.3 Å². The van der Waals surface area contributed by atoms with E-state index in [1.165, 1.54) is 18.2 Å². The van der Waals surface area contributed by atoms with Crippen LogP contribution in [0.3, 0.4) is 0 Å². The van der Waals surface area contributed by atoms with E-state index in [0.29, 0.717) is 5.56 Å². The van der Waals surface area contributed by atoms with Gasteiger partial charge < -0.3 is 9.84 Å². The van der Waals surface area contributed by atoms with E-state index in [-0.39, 0.29) is 17.1 Å². The molecule has 0 amide bonds. The summed E-state index contributed by atoms with van der Waals surface area (Å²) in [6, 6.07) is 7.98. The highest BCUT2D eigenvalue weighted by Gasteiger charge is 2.17. The van der Waals surface area contributed by atoms with Crippen molar-refractivity contribution in [3.8, 4) is 11.5 Å². The Balaban J connectivity index is 2.49. The first kappa shape index (κ1) is 13.0. The number of rotatable bonds is 3. The number of hydrogen-bond acceptors (Lipinski definition) is 2. The average molecular weight is 264 g/mol. The summed E-state index contributed by atoms with van der Waals surface area (Å²) in [5, 5.41) is 9.04. The smallest absolute Gasteiger partial charge is 0.339 e. The molecule has 0 aliphatic heterocycles. The van der Waals surface area contributed by atoms with Gasteiger partial charge in [0.05, 0.1) is 0 Å². The fourth-order valence-corrected chi connectivity index (χ4v) is 1.63. The summed E-state index contributed by atoms with van der Waals surface area (Å²) in [6.07, 6.45) is 0. The van der Waals surface area contributed by atoms with Crippen LogP contribution >= 0.6 is 0 Å². The molecule has 0 aromatic heterocycles. The molecule has 0 saturated heterocycles. The first-order valence-electron chi connectivity index (χ1n) is 5.45. The van der Waals surface area contributed by atoms with Crippen molar-refractivity contribution in [3.05, 3.63) is 59.2 Å². The number of carbonyl (C=O) groups is 1. The summed E-state index contributed by atoms with van der Waals surface area (Å²) in [4.78, 5) is 11.1. The molecule has 0 unspecified atom stereocenters. The maximum Gasteiger partial charge on any atom is 0.339 e. The number of aromatic carboxylic acids is 1. The second-order valence-electron chi connectivity index (χ2n) is 3.91. The molecule has 0 radical (unpaired) electrons. The van der Waals surface area contributed by atoms with E-state index in [1.807, 2.05) is 0 Å². The number of benzene rings is 2. The van der Waals surface area contributed by atoms with Crippen molar-refractivity contribution in [2.24, 2.45) is 0 Å². The second-order valence-corrected chi connectivity index (χ2v) is 3.91. The molecule has 3 nitrogen and oxygen atoms in total. The van der Waals surface area contributed by atoms with Gasteiger partial charge in [-0.3, -0.25) is 0 Å². The first-order valence-corrected chi connectivity index (χ1v) is 5.45. The zero-order valence-corrected chi connectivity index (χ0v) is 9.98. The van der Waals surface area contributed by atoms with E-state index in [0.717, 1.165) is 6.07 Å². The minimum atomic E-state index is -1.20. The molecular weight excluding hydrogens is 254 g/mol. The Bertz CT molecular complexity index is 639. The fraction of sp³-hybridized carbons (Fsp3) is 0.0714. The number of hydrogen-bond donors (Lipinski definition) is 1. The van der Waals surface area contributed by atoms with Crippen LogP contribution in [0.25, 0.3) is 0 Å². The Kier molecular flexibility index (Phi) is 3.46. The molecule has 2 rings (SSSR count). The third kappa shape index (κ3) is 2.54. The van der Waals surface area contributed by atoms with Crippen LogP contribution in [0.15, 0.2) is 36.4 Å². The van der Waals surface area contributed by atoms with E-state index in [9.17, 15) is 13.6 Å². The minimum absolute atomic E-state index is 0.000463. The molecule has 5 heteroatoms. The number of carboxylic acids is 1. The predicted molar refractivity (Wildman–Crippen MR) is 64.6 cm³/mol. The van der Waals surface area contributed by atoms with Gasteiger partial charge in [-0.25, -0.2) is 9.18 Å². The summed E-state index contributed by atoms with van der Waals surface area (Å²) in [5.74, 6) is -3.75. The summed E-state index contributed by atoms with van der Waals surface area (Å²) < 4.78 is 31.8. The van der Waals surface area contributed by atoms with Gasteiger partial charge in [0.15, 0.2) is 11.6 Å². The zero-order valence-electron chi connectivity index (χ0n) is 9.98. The second kappa shape index (κ2) is 5.06. The highest BCUT2D eigenvalue weighted by atomic mass is 19.2. The lowest BCUT2D eigenvalue weighted by Gasteiger charge is -2.12. The fourth-order valence-electron chi connectivity index (χ4n) is 1.63. The lowest BCUT2D eigenvalue weighted by atomic mass is 10.1. The third-order valence-electron chi connectivity index (χ3n) is 2.57. The van der Waals surface area contributed by atoms with Crippen molar-refractivity contribution in [2.75, 3.05) is 0 Å². The van der Waals surface area contributed by atoms with Crippen molar-refractivity contribution in [3.63, 3.8) is 0 Å². The molecule has 0 bridgehead atoms. The molecule has 0 aliphatic carbocycles. The van der Waals surface area contributed by atoms with Crippen LogP contribution in [0.4, 0.5) is 8.78 Å². The Labute approximate surface area is 108 Å². The average Bonchev–Trinajstić information content (AvgIpc) is 2.36. The first-order chi connectivity index (χ1) is 9.00. The molecule has 0 aliphatic rings. The van der Waals surface area contributed by atoms with Crippen LogP contribution in [-0.2, 0) is 0 Å². The lowest BCUT2D eigenvalue weighted by Crippen LogP contribution is -2.02. The summed E-state index contributed by atoms with van der Waals surface area (Å²) in [6.45, 7) is 1.62. The zero-order chi connectivity index (χ0) is 14.0. The normalized spacial score (nSPS) is 10.3. The predicted octanol–water partition coefficient (Wildman–Crippen LogP) is 3.76. The van der Waals surface area contributed by atoms with E-state index in [4.69, 9.17) is 9.84 Å². The summed E-state index contributed by atoms with van der Waals surface area (Å²) in [5.41, 5.74) is 0.409. The quantitative estimate of drug-likeness (QED) is 0.918. The summed E-state index contributed by atoms with van der Waals surface area (Å²) in [7, 11) is 0. The van der Waals surface area contributed by atoms with Crippen molar-refractivity contribution < 1.29 is 23.4 Å². The molecule has 0 fully saturated rings. The van der Waals surface area contributed by atoms with Gasteiger partial charge in [-0.2, -0.15) is 4.39 Å². The standard InChI is InChI=1S/C14H10F2O3/c1-8-4-2-5-9(14(17)18)13(8)19-11-7-3-6-10(15)12(11)16/h2-7H,1H3,(H,17,18). The van der Waals surface area contributed by atoms with Gasteiger partial charge in [0.25, 0.3) is 0 Å². The number of ether oxygens (including phenoxy) is 1. The molecule has 1 N–H and O–H groups in total. The van der Waals surface area contributed by atoms with Crippen LogP contribution < -0.4 is 4.74 Å². The summed E-state index contributed by atoms with van der Waals surface area (Å²) >= 11 is 0. The van der Waals surface area contributed by atoms with Crippen LogP contribution in [-0.4, -0.2) is 11.1 Å². The number of halogens is 2. The van der Waals surface area contributed by atoms with E-state index < -0.39 is 17.6 Å². The van der Waals surface area contributed by atoms with Crippen molar-refractivity contribution in [1.82, 2.24) is 0 Å². The molecule has 19 heavy (non-hydrogen) atoms. The van der Waals surface area contributed by atoms with Crippen LogP contribution in [0.2, 0.25) is 0 Å². The molecule has 0 atom stereocenters. The monoisotopic (exact) mass is 264 g/mol. The highest BCUT2D eigenvalue weighted by molar-refractivity contribution is 5.91. The molecule has 0 saturated carbocycles. The van der Waals surface area contributed by atoms with Gasteiger partial charge in [-0.1, -0.05) is 18.2 Å². The Hall–Kier alpha value is -2.43. The van der Waals surface area contributed by atoms with Gasteiger partial charge in [-0.15, -0.1) is 0 Å². The largest absolute Gasteiger partial charge is 0.478 e. The van der Waals surface area contributed by atoms with E-state index in [2.05, 4.69) is 0 Å². The Morgan fingerprint density at radius 3 is 2.53 bits per heavy atom. The van der Waals surface area contributed by atoms with Crippen LogP contribution in [0.1, 0.15) is 15.9 Å². The molecule has 0 heterocycles. The number of carboxylic acid groups (broad SMARTS) is 1. The molecule has 2 aromatic rings. The van der Waals surface area contributed by atoms with Crippen molar-refractivity contribution >= 4 is 5.97 Å². The van der Waals surface area contributed by atoms with Crippen LogP contribution in [0, 0.1) is 18.6 Å². The molecule has 0 spiro atoms. The molecular formula is C14H10F2O3. The minimum Gasteiger partial charge on any atom is -0.478 e. The van der Waals surface area contributed by atoms with Gasteiger partial charge in [0.2, 0.25) is 5.82 Å². The molecule has 2 aromatic carbocycles. The third-order valence-corrected chi connectivity index (χ3v) is 2.57. The van der Waals surface area contributed by atoms with Gasteiger partial charge >= 0.3 is 5.97 Å². The number of aryl methyl sites for hydroxylation is 1.